The zero-order valence-corrected chi connectivity index (χ0v) is 14.1. The summed E-state index contributed by atoms with van der Waals surface area (Å²) in [5.41, 5.74) is 3.25. The van der Waals surface area contributed by atoms with E-state index in [-0.39, 0.29) is 17.6 Å². The van der Waals surface area contributed by atoms with Gasteiger partial charge in [-0.15, -0.1) is 0 Å². The fourth-order valence-electron chi connectivity index (χ4n) is 3.23. The molecule has 2 aromatic carbocycles. The highest BCUT2D eigenvalue weighted by molar-refractivity contribution is 6.08. The van der Waals surface area contributed by atoms with Crippen LogP contribution in [0.15, 0.2) is 71.3 Å². The summed E-state index contributed by atoms with van der Waals surface area (Å²) >= 11 is 0. The Morgan fingerprint density at radius 3 is 2.73 bits per heavy atom. The topological polar surface area (TPSA) is 62.6 Å². The Hall–Kier alpha value is -3.34. The Balaban J connectivity index is 1.57. The molecule has 4 rings (SSSR count). The number of hydrogen-bond donors (Lipinski definition) is 1. The van der Waals surface area contributed by atoms with Gasteiger partial charge in [0.05, 0.1) is 6.26 Å². The average molecular weight is 346 g/mol. The maximum absolute atomic E-state index is 13.0. The van der Waals surface area contributed by atoms with Crippen molar-refractivity contribution >= 4 is 23.2 Å². The van der Waals surface area contributed by atoms with Crippen LogP contribution in [0, 0.1) is 0 Å². The molecule has 1 N–H and O–H groups in total. The molecule has 3 aromatic rings. The van der Waals surface area contributed by atoms with Crippen LogP contribution in [0.1, 0.15) is 32.9 Å². The van der Waals surface area contributed by atoms with Gasteiger partial charge in [0.25, 0.3) is 11.8 Å². The number of furan rings is 1. The highest BCUT2D eigenvalue weighted by atomic mass is 16.3. The van der Waals surface area contributed by atoms with Crippen molar-refractivity contribution in [1.29, 1.82) is 0 Å². The van der Waals surface area contributed by atoms with Crippen LogP contribution in [-0.2, 0) is 6.42 Å². The molecule has 1 aliphatic heterocycles. The van der Waals surface area contributed by atoms with Crippen molar-refractivity contribution < 1.29 is 14.0 Å². The maximum atomic E-state index is 13.0. The molecule has 5 heteroatoms. The van der Waals surface area contributed by atoms with Gasteiger partial charge in [-0.25, -0.2) is 0 Å². The number of fused-ring (bicyclic) bond motifs is 1. The monoisotopic (exact) mass is 346 g/mol. The van der Waals surface area contributed by atoms with Crippen molar-refractivity contribution in [2.24, 2.45) is 0 Å². The predicted molar refractivity (Wildman–Crippen MR) is 99.5 cm³/mol. The Morgan fingerprint density at radius 2 is 1.88 bits per heavy atom. The van der Waals surface area contributed by atoms with E-state index in [9.17, 15) is 9.59 Å². The van der Waals surface area contributed by atoms with E-state index < -0.39 is 0 Å². The molecule has 0 saturated carbocycles. The van der Waals surface area contributed by atoms with E-state index in [2.05, 4.69) is 11.4 Å². The lowest BCUT2D eigenvalue weighted by molar-refractivity contribution is 0.0979. The molecule has 0 saturated heterocycles. The molecule has 1 aliphatic rings. The number of rotatable bonds is 3. The lowest BCUT2D eigenvalue weighted by Gasteiger charge is -2.29. The molecule has 2 heterocycles. The van der Waals surface area contributed by atoms with Gasteiger partial charge in [0.2, 0.25) is 0 Å². The Morgan fingerprint density at radius 1 is 1.00 bits per heavy atom. The van der Waals surface area contributed by atoms with Crippen molar-refractivity contribution in [3.05, 3.63) is 83.8 Å². The number of amides is 2. The molecule has 130 valence electrons. The highest BCUT2D eigenvalue weighted by Crippen LogP contribution is 2.28. The number of carbonyl (C=O) groups is 2. The van der Waals surface area contributed by atoms with Crippen LogP contribution in [0.4, 0.5) is 11.4 Å². The summed E-state index contributed by atoms with van der Waals surface area (Å²) in [7, 11) is 0. The normalized spacial score (nSPS) is 13.2. The van der Waals surface area contributed by atoms with Crippen LogP contribution in [-0.4, -0.2) is 18.4 Å². The van der Waals surface area contributed by atoms with Crippen molar-refractivity contribution in [2.45, 2.75) is 12.8 Å². The summed E-state index contributed by atoms with van der Waals surface area (Å²) < 4.78 is 5.09. The summed E-state index contributed by atoms with van der Waals surface area (Å²) in [4.78, 5) is 27.0. The second kappa shape index (κ2) is 6.88. The molecule has 1 aromatic heterocycles. The summed E-state index contributed by atoms with van der Waals surface area (Å²) in [5.74, 6) is -0.180. The van der Waals surface area contributed by atoms with Gasteiger partial charge < -0.3 is 14.6 Å². The maximum Gasteiger partial charge on any atom is 0.291 e. The van der Waals surface area contributed by atoms with Gasteiger partial charge in [-0.05, 0) is 54.8 Å². The van der Waals surface area contributed by atoms with Crippen LogP contribution < -0.4 is 10.2 Å². The first-order valence-corrected chi connectivity index (χ1v) is 8.57. The van der Waals surface area contributed by atoms with Gasteiger partial charge >= 0.3 is 0 Å². The average Bonchev–Trinajstić information content (AvgIpc) is 3.22. The molecule has 0 radical (unpaired) electrons. The number of carbonyl (C=O) groups excluding carboxylic acids is 2. The number of aryl methyl sites for hydroxylation is 1. The first-order valence-electron chi connectivity index (χ1n) is 8.57. The van der Waals surface area contributed by atoms with E-state index in [0.717, 1.165) is 18.5 Å². The molecular weight excluding hydrogens is 328 g/mol. The SMILES string of the molecule is O=C(Nc1cccc(C(=O)N2CCCc3ccccc32)c1)c1ccco1. The minimum absolute atomic E-state index is 0.0637. The minimum Gasteiger partial charge on any atom is -0.459 e. The Bertz CT molecular complexity index is 947. The first kappa shape index (κ1) is 16.1. The molecular formula is C21H18N2O3. The zero-order chi connectivity index (χ0) is 17.9. The van der Waals surface area contributed by atoms with Gasteiger partial charge in [-0.3, -0.25) is 9.59 Å². The molecule has 0 unspecified atom stereocenters. The van der Waals surface area contributed by atoms with Crippen LogP contribution >= 0.6 is 0 Å². The number of nitrogens with zero attached hydrogens (tertiary/aromatic N) is 1. The standard InChI is InChI=1S/C21H18N2O3/c24-20(19-11-5-13-26-19)22-17-9-3-7-16(14-17)21(25)23-12-4-8-15-6-1-2-10-18(15)23/h1-3,5-7,9-11,13-14H,4,8,12H2,(H,22,24). The zero-order valence-electron chi connectivity index (χ0n) is 14.1. The summed E-state index contributed by atoms with van der Waals surface area (Å²) in [6.07, 6.45) is 3.37. The second-order valence-corrected chi connectivity index (χ2v) is 6.20. The number of anilines is 2. The number of benzene rings is 2. The van der Waals surface area contributed by atoms with E-state index in [1.165, 1.54) is 11.8 Å². The fourth-order valence-corrected chi connectivity index (χ4v) is 3.23. The largest absolute Gasteiger partial charge is 0.459 e. The molecule has 0 fully saturated rings. The predicted octanol–water partition coefficient (Wildman–Crippen LogP) is 4.12. The summed E-state index contributed by atoms with van der Waals surface area (Å²) in [6.45, 7) is 0.693. The van der Waals surface area contributed by atoms with E-state index in [0.29, 0.717) is 17.8 Å². The molecule has 26 heavy (non-hydrogen) atoms. The molecule has 2 amide bonds. The molecule has 0 spiro atoms. The number of hydrogen-bond acceptors (Lipinski definition) is 3. The van der Waals surface area contributed by atoms with Crippen LogP contribution in [0.2, 0.25) is 0 Å². The Labute approximate surface area is 151 Å². The van der Waals surface area contributed by atoms with Crippen molar-refractivity contribution in [1.82, 2.24) is 0 Å². The number of para-hydroxylation sites is 1. The van der Waals surface area contributed by atoms with Crippen LogP contribution in [0.3, 0.4) is 0 Å². The summed E-state index contributed by atoms with van der Waals surface area (Å²) in [6, 6.07) is 18.2. The molecule has 0 atom stereocenters. The number of nitrogens with one attached hydrogen (secondary N) is 1. The van der Waals surface area contributed by atoms with Gasteiger partial charge in [0.1, 0.15) is 0 Å². The fraction of sp³-hybridized carbons (Fsp3) is 0.143. The van der Waals surface area contributed by atoms with Crippen molar-refractivity contribution in [3.8, 4) is 0 Å². The van der Waals surface area contributed by atoms with Crippen LogP contribution in [0.25, 0.3) is 0 Å². The van der Waals surface area contributed by atoms with Gasteiger partial charge in [0.15, 0.2) is 5.76 Å². The minimum atomic E-state index is -0.345. The van der Waals surface area contributed by atoms with E-state index in [4.69, 9.17) is 4.42 Å². The van der Waals surface area contributed by atoms with Crippen molar-refractivity contribution in [2.75, 3.05) is 16.8 Å². The molecule has 0 bridgehead atoms. The Kier molecular flexibility index (Phi) is 4.27. The van der Waals surface area contributed by atoms with Gasteiger partial charge in [0, 0.05) is 23.5 Å². The second-order valence-electron chi connectivity index (χ2n) is 6.20. The smallest absolute Gasteiger partial charge is 0.291 e. The third kappa shape index (κ3) is 3.11. The van der Waals surface area contributed by atoms with E-state index in [1.807, 2.05) is 23.1 Å². The van der Waals surface area contributed by atoms with E-state index in [1.54, 1.807) is 36.4 Å². The summed E-state index contributed by atoms with van der Waals surface area (Å²) in [5, 5.41) is 2.76. The quantitative estimate of drug-likeness (QED) is 0.776. The van der Waals surface area contributed by atoms with Gasteiger partial charge in [-0.1, -0.05) is 24.3 Å². The molecule has 0 aliphatic carbocycles. The van der Waals surface area contributed by atoms with Gasteiger partial charge in [-0.2, -0.15) is 0 Å². The third-order valence-electron chi connectivity index (χ3n) is 4.47. The van der Waals surface area contributed by atoms with Crippen LogP contribution in [0.5, 0.6) is 0 Å². The van der Waals surface area contributed by atoms with E-state index >= 15 is 0 Å². The highest BCUT2D eigenvalue weighted by Gasteiger charge is 2.23. The first-order chi connectivity index (χ1) is 12.7. The lowest BCUT2D eigenvalue weighted by atomic mass is 10.0. The lowest BCUT2D eigenvalue weighted by Crippen LogP contribution is -2.35. The molecule has 5 nitrogen and oxygen atoms in total. The third-order valence-corrected chi connectivity index (χ3v) is 4.47. The van der Waals surface area contributed by atoms with Crippen molar-refractivity contribution in [3.63, 3.8) is 0 Å².